The molecule has 4 heteroatoms. The van der Waals surface area contributed by atoms with Gasteiger partial charge in [0.15, 0.2) is 17.5 Å². The zero-order chi connectivity index (χ0) is 33.1. The molecule has 0 amide bonds. The zero-order valence-electron chi connectivity index (χ0n) is 27.0. The number of hydrogen-bond donors (Lipinski definition) is 0. The molecule has 0 radical (unpaired) electrons. The summed E-state index contributed by atoms with van der Waals surface area (Å²) in [6.07, 6.45) is 0. The first-order chi connectivity index (χ1) is 24.8. The normalized spacial score (nSPS) is 13.1. The van der Waals surface area contributed by atoms with Gasteiger partial charge in [-0.05, 0) is 51.6 Å². The second-order valence-corrected chi connectivity index (χ2v) is 12.7. The molecule has 234 valence electrons. The van der Waals surface area contributed by atoms with Crippen molar-refractivity contribution in [2.75, 3.05) is 0 Å². The van der Waals surface area contributed by atoms with Gasteiger partial charge in [0.05, 0.1) is 5.41 Å². The molecule has 7 aromatic carbocycles. The van der Waals surface area contributed by atoms with Crippen LogP contribution >= 0.6 is 0 Å². The molecule has 50 heavy (non-hydrogen) atoms. The Morgan fingerprint density at radius 3 is 1.44 bits per heavy atom. The first-order valence-corrected chi connectivity index (χ1v) is 16.9. The second kappa shape index (κ2) is 11.2. The van der Waals surface area contributed by atoms with E-state index < -0.39 is 5.41 Å². The molecule has 1 aromatic heterocycles. The zero-order valence-corrected chi connectivity index (χ0v) is 27.0. The van der Waals surface area contributed by atoms with E-state index in [1.165, 1.54) is 16.7 Å². The van der Waals surface area contributed by atoms with E-state index in [4.69, 9.17) is 19.7 Å². The van der Waals surface area contributed by atoms with E-state index in [1.54, 1.807) is 0 Å². The number of aromatic nitrogens is 3. The van der Waals surface area contributed by atoms with Crippen LogP contribution in [0.1, 0.15) is 22.3 Å². The average Bonchev–Trinajstić information content (AvgIpc) is 3.49. The van der Waals surface area contributed by atoms with Crippen LogP contribution in [0.3, 0.4) is 0 Å². The molecule has 4 nitrogen and oxygen atoms in total. The smallest absolute Gasteiger partial charge is 0.164 e. The van der Waals surface area contributed by atoms with E-state index in [9.17, 15) is 0 Å². The molecule has 8 aromatic rings. The SMILES string of the molecule is c1ccc(-c2ccc3c(c2)C2(c4ccccc4Oc4ccccc42)c2cccc(-c4nc(-c5ccccc5)nc(-c5ccccc5)n4)c2-3)cc1. The molecular formula is C46H29N3O. The molecule has 0 saturated heterocycles. The maximum absolute atomic E-state index is 6.62. The summed E-state index contributed by atoms with van der Waals surface area (Å²) in [5.74, 6) is 3.64. The molecule has 1 spiro atoms. The minimum absolute atomic E-state index is 0.631. The molecule has 0 saturated carbocycles. The third kappa shape index (κ3) is 4.22. The fourth-order valence-electron chi connectivity index (χ4n) is 7.87. The monoisotopic (exact) mass is 639 g/mol. The Kier molecular flexibility index (Phi) is 6.36. The summed E-state index contributed by atoms with van der Waals surface area (Å²) in [6, 6.07) is 61.3. The van der Waals surface area contributed by atoms with Gasteiger partial charge in [0.2, 0.25) is 0 Å². The fourth-order valence-corrected chi connectivity index (χ4v) is 7.87. The first-order valence-electron chi connectivity index (χ1n) is 16.9. The largest absolute Gasteiger partial charge is 0.457 e. The molecule has 1 aliphatic heterocycles. The number of fused-ring (bicyclic) bond motifs is 9. The van der Waals surface area contributed by atoms with Crippen LogP contribution in [-0.2, 0) is 5.41 Å². The van der Waals surface area contributed by atoms with E-state index in [2.05, 4.69) is 140 Å². The van der Waals surface area contributed by atoms with E-state index in [0.29, 0.717) is 17.5 Å². The summed E-state index contributed by atoms with van der Waals surface area (Å²) in [7, 11) is 0. The predicted molar refractivity (Wildman–Crippen MR) is 199 cm³/mol. The van der Waals surface area contributed by atoms with Crippen molar-refractivity contribution < 1.29 is 4.74 Å². The minimum Gasteiger partial charge on any atom is -0.457 e. The maximum Gasteiger partial charge on any atom is 0.164 e. The lowest BCUT2D eigenvalue weighted by Crippen LogP contribution is -2.32. The van der Waals surface area contributed by atoms with Gasteiger partial charge in [-0.25, -0.2) is 15.0 Å². The van der Waals surface area contributed by atoms with Crippen molar-refractivity contribution in [3.8, 4) is 67.9 Å². The highest BCUT2D eigenvalue weighted by molar-refractivity contribution is 5.96. The third-order valence-electron chi connectivity index (χ3n) is 10.0. The third-order valence-corrected chi connectivity index (χ3v) is 10.0. The van der Waals surface area contributed by atoms with Crippen LogP contribution in [0.5, 0.6) is 11.5 Å². The lowest BCUT2D eigenvalue weighted by molar-refractivity contribution is 0.436. The summed E-state index contributed by atoms with van der Waals surface area (Å²) in [4.78, 5) is 15.4. The van der Waals surface area contributed by atoms with Gasteiger partial charge >= 0.3 is 0 Å². The number of hydrogen-bond acceptors (Lipinski definition) is 4. The molecule has 0 unspecified atom stereocenters. The standard InChI is InChI=1S/C46H29N3O/c1-4-15-30(16-5-1)33-27-28-34-39(29-33)46(36-22-10-12-25-40(36)50-41-26-13-11-23-37(41)46)38-24-14-21-35(42(34)38)45-48-43(31-17-6-2-7-18-31)47-44(49-45)32-19-8-3-9-20-32/h1-29H. The Hall–Kier alpha value is -6.65. The molecule has 1 aliphatic carbocycles. The highest BCUT2D eigenvalue weighted by atomic mass is 16.5. The Labute approximate surface area is 290 Å². The fraction of sp³-hybridized carbons (Fsp3) is 0.0217. The van der Waals surface area contributed by atoms with Crippen molar-refractivity contribution in [3.63, 3.8) is 0 Å². The molecule has 0 fully saturated rings. The average molecular weight is 640 g/mol. The van der Waals surface area contributed by atoms with E-state index in [-0.39, 0.29) is 0 Å². The molecular weight excluding hydrogens is 611 g/mol. The van der Waals surface area contributed by atoms with Gasteiger partial charge in [-0.2, -0.15) is 0 Å². The van der Waals surface area contributed by atoms with E-state index in [0.717, 1.165) is 56.0 Å². The van der Waals surface area contributed by atoms with Crippen LogP contribution in [0.4, 0.5) is 0 Å². The summed E-state index contributed by atoms with van der Waals surface area (Å²) >= 11 is 0. The van der Waals surface area contributed by atoms with Crippen LogP contribution in [0, 0.1) is 0 Å². The van der Waals surface area contributed by atoms with Crippen LogP contribution in [0.15, 0.2) is 176 Å². The Morgan fingerprint density at radius 2 is 0.840 bits per heavy atom. The molecule has 2 heterocycles. The Balaban J connectivity index is 1.31. The lowest BCUT2D eigenvalue weighted by Gasteiger charge is -2.39. The minimum atomic E-state index is -0.631. The molecule has 2 aliphatic rings. The number of benzene rings is 7. The Bertz CT molecular complexity index is 2460. The van der Waals surface area contributed by atoms with Gasteiger partial charge in [-0.15, -0.1) is 0 Å². The number of para-hydroxylation sites is 2. The predicted octanol–water partition coefficient (Wildman–Crippen LogP) is 11.0. The van der Waals surface area contributed by atoms with Gasteiger partial charge in [-0.3, -0.25) is 0 Å². The van der Waals surface area contributed by atoms with Crippen molar-refractivity contribution in [3.05, 3.63) is 198 Å². The van der Waals surface area contributed by atoms with E-state index >= 15 is 0 Å². The van der Waals surface area contributed by atoms with Crippen LogP contribution in [0.2, 0.25) is 0 Å². The van der Waals surface area contributed by atoms with Crippen molar-refractivity contribution in [2.24, 2.45) is 0 Å². The highest BCUT2D eigenvalue weighted by Crippen LogP contribution is 2.63. The number of rotatable bonds is 4. The molecule has 0 bridgehead atoms. The van der Waals surface area contributed by atoms with Crippen LogP contribution in [0.25, 0.3) is 56.4 Å². The number of nitrogens with zero attached hydrogens (tertiary/aromatic N) is 3. The van der Waals surface area contributed by atoms with Gasteiger partial charge < -0.3 is 4.74 Å². The molecule has 0 atom stereocenters. The summed E-state index contributed by atoms with van der Waals surface area (Å²) in [5, 5.41) is 0. The summed E-state index contributed by atoms with van der Waals surface area (Å²) in [6.45, 7) is 0. The maximum atomic E-state index is 6.62. The highest BCUT2D eigenvalue weighted by Gasteiger charge is 2.51. The van der Waals surface area contributed by atoms with Gasteiger partial charge in [0.1, 0.15) is 11.5 Å². The van der Waals surface area contributed by atoms with Gasteiger partial charge in [0, 0.05) is 27.8 Å². The van der Waals surface area contributed by atoms with Crippen molar-refractivity contribution >= 4 is 0 Å². The lowest BCUT2D eigenvalue weighted by atomic mass is 9.66. The Morgan fingerprint density at radius 1 is 0.340 bits per heavy atom. The summed E-state index contributed by atoms with van der Waals surface area (Å²) in [5.41, 5.74) is 11.5. The van der Waals surface area contributed by atoms with Crippen LogP contribution in [-0.4, -0.2) is 15.0 Å². The van der Waals surface area contributed by atoms with Crippen molar-refractivity contribution in [1.29, 1.82) is 0 Å². The van der Waals surface area contributed by atoms with Gasteiger partial charge in [-0.1, -0.05) is 158 Å². The van der Waals surface area contributed by atoms with Crippen molar-refractivity contribution in [1.82, 2.24) is 15.0 Å². The molecule has 0 N–H and O–H groups in total. The first kappa shape index (κ1) is 28.4. The summed E-state index contributed by atoms with van der Waals surface area (Å²) < 4.78 is 6.62. The molecule has 10 rings (SSSR count). The number of ether oxygens (including phenoxy) is 1. The van der Waals surface area contributed by atoms with Crippen molar-refractivity contribution in [2.45, 2.75) is 5.41 Å². The quantitative estimate of drug-likeness (QED) is 0.192. The second-order valence-electron chi connectivity index (χ2n) is 12.7. The topological polar surface area (TPSA) is 47.9 Å². The van der Waals surface area contributed by atoms with Crippen LogP contribution < -0.4 is 4.74 Å². The van der Waals surface area contributed by atoms with E-state index in [1.807, 2.05) is 36.4 Å². The van der Waals surface area contributed by atoms with Gasteiger partial charge in [0.25, 0.3) is 0 Å².